The average molecular weight is 301 g/mol. The SMILES string of the molecule is Cc1cc(Br)c(OC(C)C)c(C2OCCO2)c1. The van der Waals surface area contributed by atoms with Gasteiger partial charge in [-0.1, -0.05) is 0 Å². The van der Waals surface area contributed by atoms with E-state index < -0.39 is 0 Å². The lowest BCUT2D eigenvalue weighted by molar-refractivity contribution is -0.0462. The monoisotopic (exact) mass is 300 g/mol. The van der Waals surface area contributed by atoms with Gasteiger partial charge in [-0.25, -0.2) is 0 Å². The molecule has 1 fully saturated rings. The third-order valence-electron chi connectivity index (χ3n) is 2.45. The van der Waals surface area contributed by atoms with Gasteiger partial charge in [0, 0.05) is 0 Å². The van der Waals surface area contributed by atoms with Crippen LogP contribution in [0.25, 0.3) is 0 Å². The van der Waals surface area contributed by atoms with Gasteiger partial charge in [0.25, 0.3) is 0 Å². The maximum Gasteiger partial charge on any atom is 0.187 e. The molecule has 0 atom stereocenters. The van der Waals surface area contributed by atoms with Gasteiger partial charge in [0.15, 0.2) is 6.29 Å². The molecule has 0 spiro atoms. The van der Waals surface area contributed by atoms with Crippen LogP contribution < -0.4 is 4.74 Å². The molecule has 1 heterocycles. The normalized spacial score (nSPS) is 16.8. The minimum atomic E-state index is -0.306. The highest BCUT2D eigenvalue weighted by atomic mass is 79.9. The number of aryl methyl sites for hydroxylation is 1. The highest BCUT2D eigenvalue weighted by Gasteiger charge is 2.24. The summed E-state index contributed by atoms with van der Waals surface area (Å²) in [5.74, 6) is 0.817. The number of ether oxygens (including phenoxy) is 3. The Bertz CT molecular complexity index is 398. The highest BCUT2D eigenvalue weighted by molar-refractivity contribution is 9.10. The molecule has 0 saturated carbocycles. The maximum atomic E-state index is 5.84. The van der Waals surface area contributed by atoms with Crippen LogP contribution in [0.1, 0.15) is 31.3 Å². The van der Waals surface area contributed by atoms with Gasteiger partial charge >= 0.3 is 0 Å². The molecular formula is C13H17BrO3. The van der Waals surface area contributed by atoms with Crippen LogP contribution in [-0.2, 0) is 9.47 Å². The molecule has 1 aliphatic heterocycles. The molecule has 0 unspecified atom stereocenters. The zero-order valence-corrected chi connectivity index (χ0v) is 11.9. The molecule has 0 bridgehead atoms. The Morgan fingerprint density at radius 2 is 1.94 bits per heavy atom. The van der Waals surface area contributed by atoms with Crippen molar-refractivity contribution in [3.8, 4) is 5.75 Å². The molecule has 2 rings (SSSR count). The molecule has 0 radical (unpaired) electrons. The molecule has 0 amide bonds. The van der Waals surface area contributed by atoms with E-state index >= 15 is 0 Å². The minimum absolute atomic E-state index is 0.120. The molecule has 0 aliphatic carbocycles. The first-order valence-electron chi connectivity index (χ1n) is 5.78. The van der Waals surface area contributed by atoms with Crippen LogP contribution in [0, 0.1) is 6.92 Å². The van der Waals surface area contributed by atoms with Gasteiger partial charge in [-0.05, 0) is 54.4 Å². The summed E-state index contributed by atoms with van der Waals surface area (Å²) >= 11 is 3.54. The number of rotatable bonds is 3. The summed E-state index contributed by atoms with van der Waals surface area (Å²) in [6.07, 6.45) is -0.186. The summed E-state index contributed by atoms with van der Waals surface area (Å²) in [7, 11) is 0. The largest absolute Gasteiger partial charge is 0.489 e. The zero-order valence-electron chi connectivity index (χ0n) is 10.3. The van der Waals surface area contributed by atoms with Gasteiger partial charge in [-0.15, -0.1) is 0 Å². The predicted octanol–water partition coefficient (Wildman–Crippen LogP) is 3.59. The van der Waals surface area contributed by atoms with E-state index in [1.165, 1.54) is 0 Å². The Labute approximate surface area is 110 Å². The third kappa shape index (κ3) is 3.00. The Hall–Kier alpha value is -0.580. The van der Waals surface area contributed by atoms with Crippen molar-refractivity contribution in [3.05, 3.63) is 27.7 Å². The molecular weight excluding hydrogens is 284 g/mol. The Morgan fingerprint density at radius 3 is 2.53 bits per heavy atom. The second-order valence-electron chi connectivity index (χ2n) is 4.41. The molecule has 0 N–H and O–H groups in total. The van der Waals surface area contributed by atoms with Crippen molar-refractivity contribution >= 4 is 15.9 Å². The first-order valence-corrected chi connectivity index (χ1v) is 6.57. The van der Waals surface area contributed by atoms with Crippen molar-refractivity contribution in [1.29, 1.82) is 0 Å². The Balaban J connectivity index is 2.39. The molecule has 1 aromatic carbocycles. The second-order valence-corrected chi connectivity index (χ2v) is 5.26. The van der Waals surface area contributed by atoms with Gasteiger partial charge in [-0.3, -0.25) is 0 Å². The van der Waals surface area contributed by atoms with Gasteiger partial charge in [0.05, 0.1) is 29.4 Å². The third-order valence-corrected chi connectivity index (χ3v) is 3.03. The lowest BCUT2D eigenvalue weighted by atomic mass is 10.1. The van der Waals surface area contributed by atoms with E-state index in [1.54, 1.807) is 0 Å². The zero-order chi connectivity index (χ0) is 12.4. The second kappa shape index (κ2) is 5.38. The van der Waals surface area contributed by atoms with Crippen LogP contribution in [0.2, 0.25) is 0 Å². The fourth-order valence-corrected chi connectivity index (χ4v) is 2.51. The van der Waals surface area contributed by atoms with Gasteiger partial charge in [0.1, 0.15) is 5.75 Å². The van der Waals surface area contributed by atoms with E-state index in [-0.39, 0.29) is 12.4 Å². The Morgan fingerprint density at radius 1 is 1.29 bits per heavy atom. The molecule has 0 aromatic heterocycles. The van der Waals surface area contributed by atoms with Crippen LogP contribution in [0.15, 0.2) is 16.6 Å². The molecule has 1 saturated heterocycles. The van der Waals surface area contributed by atoms with Crippen molar-refractivity contribution in [2.45, 2.75) is 33.2 Å². The van der Waals surface area contributed by atoms with Gasteiger partial charge in [-0.2, -0.15) is 0 Å². The summed E-state index contributed by atoms with van der Waals surface area (Å²) in [6.45, 7) is 7.33. The van der Waals surface area contributed by atoms with Crippen molar-refractivity contribution in [3.63, 3.8) is 0 Å². The fourth-order valence-electron chi connectivity index (χ4n) is 1.83. The minimum Gasteiger partial charge on any atom is -0.489 e. The first-order chi connectivity index (χ1) is 8.08. The predicted molar refractivity (Wildman–Crippen MR) is 69.3 cm³/mol. The number of hydrogen-bond donors (Lipinski definition) is 0. The van der Waals surface area contributed by atoms with Crippen molar-refractivity contribution < 1.29 is 14.2 Å². The summed E-state index contributed by atoms with van der Waals surface area (Å²) in [6, 6.07) is 4.09. The smallest absolute Gasteiger partial charge is 0.187 e. The summed E-state index contributed by atoms with van der Waals surface area (Å²) in [4.78, 5) is 0. The van der Waals surface area contributed by atoms with E-state index in [2.05, 4.69) is 22.0 Å². The quantitative estimate of drug-likeness (QED) is 0.854. The lowest BCUT2D eigenvalue weighted by Gasteiger charge is -2.19. The molecule has 1 aromatic rings. The van der Waals surface area contributed by atoms with E-state index in [1.807, 2.05) is 26.8 Å². The van der Waals surface area contributed by atoms with Crippen molar-refractivity contribution in [2.24, 2.45) is 0 Å². The number of hydrogen-bond acceptors (Lipinski definition) is 3. The standard InChI is InChI=1S/C13H17BrO3/c1-8(2)17-12-10(13-15-4-5-16-13)6-9(3)7-11(12)14/h6-8,13H,4-5H2,1-3H3. The topological polar surface area (TPSA) is 27.7 Å². The van der Waals surface area contributed by atoms with Crippen LogP contribution >= 0.6 is 15.9 Å². The van der Waals surface area contributed by atoms with Crippen LogP contribution in [0.5, 0.6) is 5.75 Å². The average Bonchev–Trinajstić information content (AvgIpc) is 2.74. The molecule has 17 heavy (non-hydrogen) atoms. The van der Waals surface area contributed by atoms with E-state index in [0.717, 1.165) is 21.3 Å². The van der Waals surface area contributed by atoms with Gasteiger partial charge < -0.3 is 14.2 Å². The number of halogens is 1. The maximum absolute atomic E-state index is 5.84. The van der Waals surface area contributed by atoms with Crippen molar-refractivity contribution in [2.75, 3.05) is 13.2 Å². The van der Waals surface area contributed by atoms with Crippen LogP contribution in [-0.4, -0.2) is 19.3 Å². The summed E-state index contributed by atoms with van der Waals surface area (Å²) in [5, 5.41) is 0. The highest BCUT2D eigenvalue weighted by Crippen LogP contribution is 2.38. The lowest BCUT2D eigenvalue weighted by Crippen LogP contribution is -2.10. The fraction of sp³-hybridized carbons (Fsp3) is 0.538. The molecule has 3 nitrogen and oxygen atoms in total. The summed E-state index contributed by atoms with van der Waals surface area (Å²) < 4.78 is 17.9. The molecule has 4 heteroatoms. The van der Waals surface area contributed by atoms with E-state index in [9.17, 15) is 0 Å². The molecule has 1 aliphatic rings. The van der Waals surface area contributed by atoms with Gasteiger partial charge in [0.2, 0.25) is 0 Å². The van der Waals surface area contributed by atoms with E-state index in [0.29, 0.717) is 13.2 Å². The van der Waals surface area contributed by atoms with Crippen molar-refractivity contribution in [1.82, 2.24) is 0 Å². The first kappa shape index (κ1) is 12.9. The number of benzene rings is 1. The van der Waals surface area contributed by atoms with Crippen LogP contribution in [0.4, 0.5) is 0 Å². The van der Waals surface area contributed by atoms with Crippen LogP contribution in [0.3, 0.4) is 0 Å². The van der Waals surface area contributed by atoms with E-state index in [4.69, 9.17) is 14.2 Å². The summed E-state index contributed by atoms with van der Waals surface area (Å²) in [5.41, 5.74) is 2.12. The Kier molecular flexibility index (Phi) is 4.07. The molecule has 94 valence electrons.